The van der Waals surface area contributed by atoms with E-state index in [4.69, 9.17) is 0 Å². The topological polar surface area (TPSA) is 57.5 Å². The van der Waals surface area contributed by atoms with Crippen LogP contribution in [-0.4, -0.2) is 22.8 Å². The van der Waals surface area contributed by atoms with Gasteiger partial charge in [-0.2, -0.15) is 0 Å². The molecule has 0 aromatic rings. The third kappa shape index (κ3) is 1.89. The maximum absolute atomic E-state index is 12.0. The van der Waals surface area contributed by atoms with Crippen molar-refractivity contribution in [3.05, 3.63) is 11.6 Å². The molecule has 0 heterocycles. The number of carboxylic acid groups (broad SMARTS) is 1. The Bertz CT molecular complexity index is 567. The molecule has 0 amide bonds. The summed E-state index contributed by atoms with van der Waals surface area (Å²) in [4.78, 5) is 12.0. The molecule has 4 aliphatic rings. The second kappa shape index (κ2) is 4.84. The van der Waals surface area contributed by atoms with Crippen molar-refractivity contribution in [2.45, 2.75) is 65.2 Å². The minimum Gasteiger partial charge on any atom is -0.481 e. The van der Waals surface area contributed by atoms with Gasteiger partial charge in [0.15, 0.2) is 0 Å². The first-order valence-electron chi connectivity index (χ1n) is 9.42. The van der Waals surface area contributed by atoms with Gasteiger partial charge < -0.3 is 10.2 Å². The van der Waals surface area contributed by atoms with E-state index in [1.807, 2.05) is 6.92 Å². The maximum atomic E-state index is 12.0. The van der Waals surface area contributed by atoms with Gasteiger partial charge >= 0.3 is 5.97 Å². The minimum absolute atomic E-state index is 0.149. The monoisotopic (exact) mass is 318 g/mol. The van der Waals surface area contributed by atoms with Crippen LogP contribution in [0.3, 0.4) is 0 Å². The standard InChI is InChI=1S/C20H30O3/c1-18-7-3-8-19(2,17(22)23)15(18)6-9-20-10-13(4-5-16(18)20)14(11-20)12-21/h11,13,15-16,21H,3-10,12H2,1-2H3,(H,22,23)/t13-,15+,16+,18-,19+,20+/m0/s1. The molecule has 2 bridgehead atoms. The number of carboxylic acids is 1. The normalized spacial score (nSPS) is 51.6. The van der Waals surface area contributed by atoms with E-state index in [0.717, 1.165) is 25.7 Å². The van der Waals surface area contributed by atoms with E-state index >= 15 is 0 Å². The molecular weight excluding hydrogens is 288 g/mol. The number of aliphatic hydroxyl groups is 1. The van der Waals surface area contributed by atoms with E-state index in [-0.39, 0.29) is 17.4 Å². The predicted octanol–water partition coefficient (Wildman–Crippen LogP) is 4.01. The fourth-order valence-electron chi connectivity index (χ4n) is 7.48. The largest absolute Gasteiger partial charge is 0.481 e. The molecule has 3 fully saturated rings. The van der Waals surface area contributed by atoms with Crippen molar-refractivity contribution in [2.75, 3.05) is 6.61 Å². The second-order valence-electron chi connectivity index (χ2n) is 9.31. The lowest BCUT2D eigenvalue weighted by Gasteiger charge is -2.63. The van der Waals surface area contributed by atoms with Gasteiger partial charge in [-0.25, -0.2) is 0 Å². The minimum atomic E-state index is -0.587. The van der Waals surface area contributed by atoms with Gasteiger partial charge in [0.05, 0.1) is 12.0 Å². The number of aliphatic carboxylic acids is 1. The molecule has 0 unspecified atom stereocenters. The Morgan fingerprint density at radius 1 is 1.17 bits per heavy atom. The molecule has 4 aliphatic carbocycles. The fraction of sp³-hybridized carbons (Fsp3) is 0.850. The van der Waals surface area contributed by atoms with Crippen LogP contribution in [0.25, 0.3) is 0 Å². The molecule has 6 atom stereocenters. The van der Waals surface area contributed by atoms with Crippen molar-refractivity contribution < 1.29 is 15.0 Å². The average Bonchev–Trinajstić information content (AvgIpc) is 2.77. The molecule has 2 N–H and O–H groups in total. The number of allylic oxidation sites excluding steroid dienone is 1. The first kappa shape index (κ1) is 15.7. The Morgan fingerprint density at radius 2 is 1.96 bits per heavy atom. The smallest absolute Gasteiger partial charge is 0.309 e. The van der Waals surface area contributed by atoms with Crippen molar-refractivity contribution in [3.63, 3.8) is 0 Å². The Kier molecular flexibility index (Phi) is 3.30. The van der Waals surface area contributed by atoms with Crippen LogP contribution in [0.4, 0.5) is 0 Å². The molecule has 23 heavy (non-hydrogen) atoms. The molecule has 0 aliphatic heterocycles. The van der Waals surface area contributed by atoms with Crippen LogP contribution in [0.1, 0.15) is 65.2 Å². The van der Waals surface area contributed by atoms with Gasteiger partial charge in [0, 0.05) is 0 Å². The molecule has 3 heteroatoms. The van der Waals surface area contributed by atoms with E-state index in [1.54, 1.807) is 0 Å². The maximum Gasteiger partial charge on any atom is 0.309 e. The molecule has 3 nitrogen and oxygen atoms in total. The molecule has 0 aromatic carbocycles. The molecule has 0 radical (unpaired) electrons. The SMILES string of the molecule is C[C@]12CCC[C@@](C)(C(=O)O)[C@@H]1CC[C@@]13C=C(CO)[C@@H](CC[C@@H]12)C3. The lowest BCUT2D eigenvalue weighted by Crippen LogP contribution is -2.58. The van der Waals surface area contributed by atoms with E-state index in [1.165, 1.54) is 31.3 Å². The number of hydrogen-bond acceptors (Lipinski definition) is 2. The number of hydrogen-bond donors (Lipinski definition) is 2. The molecule has 4 rings (SSSR count). The summed E-state index contributed by atoms with van der Waals surface area (Å²) in [5, 5.41) is 19.6. The van der Waals surface area contributed by atoms with E-state index < -0.39 is 11.4 Å². The summed E-state index contributed by atoms with van der Waals surface area (Å²) in [6.07, 6.45) is 11.3. The molecule has 0 saturated heterocycles. The highest BCUT2D eigenvalue weighted by Gasteiger charge is 2.64. The highest BCUT2D eigenvalue weighted by atomic mass is 16.4. The summed E-state index contributed by atoms with van der Waals surface area (Å²) in [7, 11) is 0. The second-order valence-corrected chi connectivity index (χ2v) is 9.31. The van der Waals surface area contributed by atoms with Crippen LogP contribution in [-0.2, 0) is 4.79 Å². The van der Waals surface area contributed by atoms with E-state index in [2.05, 4.69) is 13.0 Å². The Labute approximate surface area is 139 Å². The van der Waals surface area contributed by atoms with Crippen LogP contribution >= 0.6 is 0 Å². The lowest BCUT2D eigenvalue weighted by molar-refractivity contribution is -0.177. The zero-order valence-corrected chi connectivity index (χ0v) is 14.5. The number of aliphatic hydroxyl groups excluding tert-OH is 1. The number of carbonyl (C=O) groups is 1. The quantitative estimate of drug-likeness (QED) is 0.756. The zero-order valence-electron chi connectivity index (χ0n) is 14.5. The summed E-state index contributed by atoms with van der Waals surface area (Å²) in [5.41, 5.74) is 1.12. The Morgan fingerprint density at radius 3 is 2.65 bits per heavy atom. The van der Waals surface area contributed by atoms with Gasteiger partial charge in [-0.1, -0.05) is 19.4 Å². The Balaban J connectivity index is 1.75. The third-order valence-corrected chi connectivity index (χ3v) is 8.46. The third-order valence-electron chi connectivity index (χ3n) is 8.46. The van der Waals surface area contributed by atoms with Crippen LogP contribution in [0.5, 0.6) is 0 Å². The molecule has 3 saturated carbocycles. The van der Waals surface area contributed by atoms with Crippen molar-refractivity contribution >= 4 is 5.97 Å². The summed E-state index contributed by atoms with van der Waals surface area (Å²) < 4.78 is 0. The zero-order chi connectivity index (χ0) is 16.5. The highest BCUT2D eigenvalue weighted by Crippen LogP contribution is 2.70. The summed E-state index contributed by atoms with van der Waals surface area (Å²) in [5.74, 6) is 0.912. The van der Waals surface area contributed by atoms with Gasteiger partial charge in [-0.05, 0) is 86.0 Å². The molecule has 0 aromatic heterocycles. The van der Waals surface area contributed by atoms with Crippen LogP contribution in [0, 0.1) is 34.0 Å². The van der Waals surface area contributed by atoms with Gasteiger partial charge in [0.25, 0.3) is 0 Å². The van der Waals surface area contributed by atoms with Crippen molar-refractivity contribution in [2.24, 2.45) is 34.0 Å². The van der Waals surface area contributed by atoms with E-state index in [9.17, 15) is 15.0 Å². The average molecular weight is 318 g/mol. The van der Waals surface area contributed by atoms with Crippen LogP contribution < -0.4 is 0 Å². The summed E-state index contributed by atoms with van der Waals surface area (Å²) in [6, 6.07) is 0. The summed E-state index contributed by atoms with van der Waals surface area (Å²) in [6.45, 7) is 4.62. The highest BCUT2D eigenvalue weighted by molar-refractivity contribution is 5.75. The van der Waals surface area contributed by atoms with Crippen LogP contribution in [0.15, 0.2) is 11.6 Å². The number of fused-ring (bicyclic) bond motifs is 3. The van der Waals surface area contributed by atoms with Gasteiger partial charge in [-0.3, -0.25) is 4.79 Å². The van der Waals surface area contributed by atoms with Gasteiger partial charge in [0.2, 0.25) is 0 Å². The van der Waals surface area contributed by atoms with Crippen molar-refractivity contribution in [3.8, 4) is 0 Å². The molecular formula is C20H30O3. The molecule has 128 valence electrons. The molecule has 1 spiro atoms. The lowest BCUT2D eigenvalue weighted by atomic mass is 9.41. The van der Waals surface area contributed by atoms with Gasteiger partial charge in [-0.15, -0.1) is 0 Å². The van der Waals surface area contributed by atoms with Crippen molar-refractivity contribution in [1.29, 1.82) is 0 Å². The van der Waals surface area contributed by atoms with Crippen molar-refractivity contribution in [1.82, 2.24) is 0 Å². The van der Waals surface area contributed by atoms with Crippen LogP contribution in [0.2, 0.25) is 0 Å². The first-order chi connectivity index (χ1) is 10.9. The first-order valence-corrected chi connectivity index (χ1v) is 9.42. The Hall–Kier alpha value is -0.830. The number of rotatable bonds is 2. The van der Waals surface area contributed by atoms with E-state index in [0.29, 0.717) is 17.8 Å². The summed E-state index contributed by atoms with van der Waals surface area (Å²) >= 11 is 0. The fourth-order valence-corrected chi connectivity index (χ4v) is 7.48. The predicted molar refractivity (Wildman–Crippen MR) is 88.9 cm³/mol. The van der Waals surface area contributed by atoms with Gasteiger partial charge in [0.1, 0.15) is 0 Å².